The number of hydrogen-bond acceptors (Lipinski definition) is 4. The zero-order valence-electron chi connectivity index (χ0n) is 17.3. The van der Waals surface area contributed by atoms with Gasteiger partial charge in [0.1, 0.15) is 0 Å². The lowest BCUT2D eigenvalue weighted by Gasteiger charge is -2.11. The van der Waals surface area contributed by atoms with E-state index in [0.717, 1.165) is 12.8 Å². The van der Waals surface area contributed by atoms with E-state index >= 15 is 0 Å². The lowest BCUT2D eigenvalue weighted by atomic mass is 10.1. The van der Waals surface area contributed by atoms with Crippen LogP contribution in [0.25, 0.3) is 0 Å². The van der Waals surface area contributed by atoms with Gasteiger partial charge in [-0.2, -0.15) is 0 Å². The van der Waals surface area contributed by atoms with Crippen molar-refractivity contribution in [1.82, 2.24) is 0 Å². The molecule has 0 aromatic heterocycles. The molecular weight excluding hydrogens is 340 g/mol. The Morgan fingerprint density at radius 1 is 0.778 bits per heavy atom. The Labute approximate surface area is 164 Å². The van der Waals surface area contributed by atoms with E-state index < -0.39 is 11.9 Å². The van der Waals surface area contributed by atoms with Crippen molar-refractivity contribution in [3.63, 3.8) is 0 Å². The average Bonchev–Trinajstić information content (AvgIpc) is 2.65. The lowest BCUT2D eigenvalue weighted by Crippen LogP contribution is -2.17. The molecule has 1 rings (SSSR count). The van der Waals surface area contributed by atoms with Crippen molar-refractivity contribution in [2.24, 2.45) is 0 Å². The fourth-order valence-corrected chi connectivity index (χ4v) is 2.95. The zero-order chi connectivity index (χ0) is 19.9. The summed E-state index contributed by atoms with van der Waals surface area (Å²) in [6.07, 6.45) is 12.1. The first-order chi connectivity index (χ1) is 13.1. The van der Waals surface area contributed by atoms with Gasteiger partial charge in [0.25, 0.3) is 0 Å². The summed E-state index contributed by atoms with van der Waals surface area (Å²) < 4.78 is 10.5. The first-order valence-corrected chi connectivity index (χ1v) is 10.5. The van der Waals surface area contributed by atoms with Gasteiger partial charge in [-0.05, 0) is 32.4 Å². The van der Waals surface area contributed by atoms with Crippen molar-refractivity contribution in [2.75, 3.05) is 6.61 Å². The maximum atomic E-state index is 12.3. The molecule has 0 amide bonds. The summed E-state index contributed by atoms with van der Waals surface area (Å²) in [5.41, 5.74) is 0.537. The van der Waals surface area contributed by atoms with E-state index in [2.05, 4.69) is 6.92 Å². The van der Waals surface area contributed by atoms with E-state index in [0.29, 0.717) is 6.61 Å². The van der Waals surface area contributed by atoms with E-state index in [1.165, 1.54) is 51.4 Å². The predicted molar refractivity (Wildman–Crippen MR) is 109 cm³/mol. The molecule has 0 aliphatic carbocycles. The number of unbranched alkanes of at least 4 members (excludes halogenated alkanes) is 9. The minimum absolute atomic E-state index is 0.228. The Bertz CT molecular complexity index is 551. The second-order valence-corrected chi connectivity index (χ2v) is 7.32. The summed E-state index contributed by atoms with van der Waals surface area (Å²) in [7, 11) is 0. The highest BCUT2D eigenvalue weighted by Gasteiger charge is 2.19. The molecule has 0 radical (unpaired) electrons. The maximum absolute atomic E-state index is 12.3. The summed E-state index contributed by atoms with van der Waals surface area (Å²) in [4.78, 5) is 24.4. The van der Waals surface area contributed by atoms with Crippen molar-refractivity contribution in [3.8, 4) is 0 Å². The molecule has 1 aromatic carbocycles. The first-order valence-electron chi connectivity index (χ1n) is 10.5. The summed E-state index contributed by atoms with van der Waals surface area (Å²) >= 11 is 0. The molecule has 4 heteroatoms. The van der Waals surface area contributed by atoms with Crippen molar-refractivity contribution >= 4 is 11.9 Å². The molecule has 1 aromatic rings. The molecule has 4 nitrogen and oxygen atoms in total. The molecule has 0 aliphatic heterocycles. The smallest absolute Gasteiger partial charge is 0.339 e. The van der Waals surface area contributed by atoms with Crippen LogP contribution in [0.15, 0.2) is 24.3 Å². The summed E-state index contributed by atoms with van der Waals surface area (Å²) in [6.45, 7) is 6.19. The van der Waals surface area contributed by atoms with Crippen LogP contribution in [0.1, 0.15) is 106 Å². The van der Waals surface area contributed by atoms with Crippen molar-refractivity contribution in [3.05, 3.63) is 35.4 Å². The number of benzene rings is 1. The normalized spacial score (nSPS) is 10.8. The van der Waals surface area contributed by atoms with Crippen LogP contribution < -0.4 is 0 Å². The molecule has 27 heavy (non-hydrogen) atoms. The van der Waals surface area contributed by atoms with E-state index in [-0.39, 0.29) is 17.2 Å². The number of ether oxygens (including phenoxy) is 2. The van der Waals surface area contributed by atoms with Crippen LogP contribution in [0.4, 0.5) is 0 Å². The molecule has 0 saturated heterocycles. The molecule has 0 spiro atoms. The van der Waals surface area contributed by atoms with Crippen LogP contribution in [0, 0.1) is 0 Å². The monoisotopic (exact) mass is 376 g/mol. The minimum Gasteiger partial charge on any atom is -0.462 e. The molecule has 0 bridgehead atoms. The van der Waals surface area contributed by atoms with Gasteiger partial charge in [0.05, 0.1) is 23.8 Å². The SMILES string of the molecule is CCCCCCCCCCCCOC(=O)c1ccccc1C(=O)OC(C)C. The van der Waals surface area contributed by atoms with E-state index in [4.69, 9.17) is 9.47 Å². The standard InChI is InChI=1S/C23H36O4/c1-4-5-6-7-8-9-10-11-12-15-18-26-22(24)20-16-13-14-17-21(20)23(25)27-19(2)3/h13-14,16-17,19H,4-12,15,18H2,1-3H3. The molecule has 0 unspecified atom stereocenters. The Kier molecular flexibility index (Phi) is 12.2. The van der Waals surface area contributed by atoms with Crippen LogP contribution >= 0.6 is 0 Å². The molecular formula is C23H36O4. The zero-order valence-corrected chi connectivity index (χ0v) is 17.3. The third-order valence-electron chi connectivity index (χ3n) is 4.44. The summed E-state index contributed by atoms with van der Waals surface area (Å²) in [5.74, 6) is -0.946. The molecule has 152 valence electrons. The van der Waals surface area contributed by atoms with Gasteiger partial charge in [-0.25, -0.2) is 9.59 Å². The molecule has 0 saturated carbocycles. The fourth-order valence-electron chi connectivity index (χ4n) is 2.95. The van der Waals surface area contributed by atoms with Crippen LogP contribution in [0.5, 0.6) is 0 Å². The van der Waals surface area contributed by atoms with Gasteiger partial charge >= 0.3 is 11.9 Å². The summed E-state index contributed by atoms with van der Waals surface area (Å²) in [5, 5.41) is 0. The molecule has 0 N–H and O–H groups in total. The molecule has 0 fully saturated rings. The van der Waals surface area contributed by atoms with Gasteiger partial charge < -0.3 is 9.47 Å². The van der Waals surface area contributed by atoms with Crippen molar-refractivity contribution in [1.29, 1.82) is 0 Å². The Balaban J connectivity index is 2.23. The van der Waals surface area contributed by atoms with Gasteiger partial charge in [-0.15, -0.1) is 0 Å². The minimum atomic E-state index is -0.489. The second kappa shape index (κ2) is 14.2. The van der Waals surface area contributed by atoms with Crippen LogP contribution in [0.2, 0.25) is 0 Å². The Hall–Kier alpha value is -1.84. The average molecular weight is 377 g/mol. The predicted octanol–water partition coefficient (Wildman–Crippen LogP) is 6.33. The third kappa shape index (κ3) is 10.2. The highest BCUT2D eigenvalue weighted by Crippen LogP contribution is 2.14. The third-order valence-corrected chi connectivity index (χ3v) is 4.44. The van der Waals surface area contributed by atoms with Crippen molar-refractivity contribution in [2.45, 2.75) is 91.1 Å². The topological polar surface area (TPSA) is 52.6 Å². The maximum Gasteiger partial charge on any atom is 0.339 e. The van der Waals surface area contributed by atoms with Gasteiger partial charge in [-0.3, -0.25) is 0 Å². The molecule has 0 aliphatic rings. The Morgan fingerprint density at radius 3 is 1.78 bits per heavy atom. The van der Waals surface area contributed by atoms with Crippen LogP contribution in [0.3, 0.4) is 0 Å². The number of esters is 2. The van der Waals surface area contributed by atoms with Crippen LogP contribution in [-0.2, 0) is 9.47 Å². The quantitative estimate of drug-likeness (QED) is 0.281. The lowest BCUT2D eigenvalue weighted by molar-refractivity contribution is 0.0360. The van der Waals surface area contributed by atoms with Gasteiger partial charge in [0, 0.05) is 0 Å². The largest absolute Gasteiger partial charge is 0.462 e. The Morgan fingerprint density at radius 2 is 1.26 bits per heavy atom. The highest BCUT2D eigenvalue weighted by atomic mass is 16.5. The van der Waals surface area contributed by atoms with Gasteiger partial charge in [-0.1, -0.05) is 76.8 Å². The number of hydrogen-bond donors (Lipinski definition) is 0. The van der Waals surface area contributed by atoms with E-state index in [1.54, 1.807) is 38.1 Å². The van der Waals surface area contributed by atoms with Crippen LogP contribution in [-0.4, -0.2) is 24.6 Å². The number of carbonyl (C=O) groups is 2. The van der Waals surface area contributed by atoms with Gasteiger partial charge in [0.15, 0.2) is 0 Å². The summed E-state index contributed by atoms with van der Waals surface area (Å²) in [6, 6.07) is 6.65. The molecule has 0 heterocycles. The number of carbonyl (C=O) groups excluding carboxylic acids is 2. The number of rotatable bonds is 14. The highest BCUT2D eigenvalue weighted by molar-refractivity contribution is 6.03. The molecule has 0 atom stereocenters. The van der Waals surface area contributed by atoms with Gasteiger partial charge in [0.2, 0.25) is 0 Å². The first kappa shape index (κ1) is 23.2. The van der Waals surface area contributed by atoms with E-state index in [9.17, 15) is 9.59 Å². The van der Waals surface area contributed by atoms with Crippen molar-refractivity contribution < 1.29 is 19.1 Å². The second-order valence-electron chi connectivity index (χ2n) is 7.32. The van der Waals surface area contributed by atoms with E-state index in [1.807, 2.05) is 0 Å². The fraction of sp³-hybridized carbons (Fsp3) is 0.652.